The van der Waals surface area contributed by atoms with E-state index in [4.69, 9.17) is 9.47 Å². The molecular weight excluding hydrogens is 628 g/mol. The van der Waals surface area contributed by atoms with Gasteiger partial charge in [0.1, 0.15) is 11.7 Å². The fourth-order valence-corrected chi connectivity index (χ4v) is 6.60. The molecule has 0 radical (unpaired) electrons. The van der Waals surface area contributed by atoms with Crippen LogP contribution in [0.5, 0.6) is 0 Å². The van der Waals surface area contributed by atoms with Gasteiger partial charge in [-0.05, 0) is 33.6 Å². The molecule has 4 aliphatic carbocycles. The molecule has 0 heterocycles. The summed E-state index contributed by atoms with van der Waals surface area (Å²) in [6.07, 6.45) is 1.66. The number of nitro groups is 4. The maximum atomic E-state index is 13.7. The molecule has 4 aliphatic rings. The Labute approximate surface area is 263 Å². The monoisotopic (exact) mass is 654 g/mol. The van der Waals surface area contributed by atoms with Crippen molar-refractivity contribution in [2.45, 2.75) is 57.3 Å². The Balaban J connectivity index is 1.59. The number of allylic oxidation sites excluding steroid dienone is 1. The van der Waals surface area contributed by atoms with Crippen LogP contribution in [-0.2, 0) is 19.1 Å². The van der Waals surface area contributed by atoms with Crippen molar-refractivity contribution in [2.24, 2.45) is 10.8 Å². The summed E-state index contributed by atoms with van der Waals surface area (Å²) in [7, 11) is 0. The van der Waals surface area contributed by atoms with Gasteiger partial charge in [-0.2, -0.15) is 0 Å². The average Bonchev–Trinajstić information content (AvgIpc) is 3.79. The molecule has 1 fully saturated rings. The Kier molecular flexibility index (Phi) is 7.56. The van der Waals surface area contributed by atoms with E-state index >= 15 is 0 Å². The third-order valence-corrected chi connectivity index (χ3v) is 9.36. The Bertz CT molecular complexity index is 1800. The largest absolute Gasteiger partial charge is 0.453 e. The first kappa shape index (κ1) is 32.9. The van der Waals surface area contributed by atoms with Gasteiger partial charge in [0.15, 0.2) is 17.7 Å². The topological polar surface area (TPSA) is 262 Å². The summed E-state index contributed by atoms with van der Waals surface area (Å²) >= 11 is 0. The number of Topliss-reactive ketones (excluding diaryl/α,β-unsaturated/α-hetero) is 1. The van der Waals surface area contributed by atoms with Crippen LogP contribution < -0.4 is 0 Å². The fraction of sp³-hybridized carbons (Fsp3) is 0.414. The summed E-state index contributed by atoms with van der Waals surface area (Å²) < 4.78 is 11.7. The zero-order valence-electron chi connectivity index (χ0n) is 25.0. The number of rotatable bonds is 10. The first-order chi connectivity index (χ1) is 21.8. The van der Waals surface area contributed by atoms with Crippen molar-refractivity contribution in [3.05, 3.63) is 111 Å². The molecular formula is C29H26N4O14. The maximum Gasteiger partial charge on any atom is 0.339 e. The number of nitro benzene ring substituents is 2. The number of hydrogen-bond acceptors (Lipinski definition) is 14. The summed E-state index contributed by atoms with van der Waals surface area (Å²) in [5, 5.41) is 57.3. The van der Waals surface area contributed by atoms with Gasteiger partial charge in [0, 0.05) is 34.8 Å². The van der Waals surface area contributed by atoms with Gasteiger partial charge < -0.3 is 14.6 Å². The van der Waals surface area contributed by atoms with Crippen LogP contribution in [0.1, 0.15) is 50.4 Å². The smallest absolute Gasteiger partial charge is 0.339 e. The van der Waals surface area contributed by atoms with E-state index in [0.717, 1.165) is 18.2 Å². The molecule has 246 valence electrons. The average molecular weight is 655 g/mol. The van der Waals surface area contributed by atoms with Gasteiger partial charge >= 0.3 is 5.97 Å². The number of carbonyl (C=O) groups is 3. The van der Waals surface area contributed by atoms with E-state index < -0.39 is 101 Å². The Morgan fingerprint density at radius 2 is 1.57 bits per heavy atom. The maximum absolute atomic E-state index is 13.7. The van der Waals surface area contributed by atoms with E-state index in [2.05, 4.69) is 0 Å². The van der Waals surface area contributed by atoms with Crippen molar-refractivity contribution >= 4 is 29.4 Å². The Morgan fingerprint density at radius 1 is 0.979 bits per heavy atom. The van der Waals surface area contributed by atoms with E-state index in [0.29, 0.717) is 30.6 Å². The molecule has 1 aromatic rings. The second kappa shape index (κ2) is 10.8. The number of nitrogens with zero attached hydrogens (tertiary/aromatic N) is 4. The van der Waals surface area contributed by atoms with Gasteiger partial charge in [0.25, 0.3) is 22.8 Å². The van der Waals surface area contributed by atoms with Crippen molar-refractivity contribution in [1.82, 2.24) is 0 Å². The summed E-state index contributed by atoms with van der Waals surface area (Å²) in [6, 6.07) is 2.19. The van der Waals surface area contributed by atoms with Crippen LogP contribution in [-0.4, -0.2) is 66.8 Å². The van der Waals surface area contributed by atoms with Crippen LogP contribution in [0.3, 0.4) is 0 Å². The van der Waals surface area contributed by atoms with Crippen molar-refractivity contribution in [3.63, 3.8) is 0 Å². The third kappa shape index (κ3) is 5.20. The van der Waals surface area contributed by atoms with Crippen LogP contribution in [0.4, 0.5) is 11.4 Å². The number of carbonyl (C=O) groups excluding carboxylic acids is 3. The number of aldehydes is 1. The number of ether oxygens (including phenoxy) is 2. The molecule has 47 heavy (non-hydrogen) atoms. The molecule has 0 aromatic heterocycles. The number of aliphatic hydroxyl groups is 1. The number of hydrogen-bond donors (Lipinski definition) is 1. The molecule has 5 rings (SSSR count). The molecule has 0 saturated heterocycles. The lowest BCUT2D eigenvalue weighted by molar-refractivity contribution is -0.441. The van der Waals surface area contributed by atoms with Gasteiger partial charge in [0.2, 0.25) is 0 Å². The summed E-state index contributed by atoms with van der Waals surface area (Å²) in [5.41, 5.74) is -9.60. The minimum absolute atomic E-state index is 0.0462. The van der Waals surface area contributed by atoms with E-state index in [-0.39, 0.29) is 17.4 Å². The quantitative estimate of drug-likeness (QED) is 0.164. The molecule has 0 bridgehead atoms. The first-order valence-electron chi connectivity index (χ1n) is 14.0. The molecule has 1 saturated carbocycles. The number of esters is 1. The highest BCUT2D eigenvalue weighted by molar-refractivity contribution is 6.09. The predicted molar refractivity (Wildman–Crippen MR) is 155 cm³/mol. The highest BCUT2D eigenvalue weighted by atomic mass is 16.6. The molecule has 0 amide bonds. The van der Waals surface area contributed by atoms with Crippen LogP contribution in [0.2, 0.25) is 0 Å². The summed E-state index contributed by atoms with van der Waals surface area (Å²) in [5.74, 6) is -1.96. The highest BCUT2D eigenvalue weighted by Crippen LogP contribution is 2.66. The van der Waals surface area contributed by atoms with Crippen molar-refractivity contribution in [3.8, 4) is 0 Å². The van der Waals surface area contributed by atoms with Crippen molar-refractivity contribution < 1.29 is 48.7 Å². The van der Waals surface area contributed by atoms with Gasteiger partial charge in [-0.25, -0.2) is 4.79 Å². The molecule has 0 aliphatic heterocycles. The van der Waals surface area contributed by atoms with Crippen LogP contribution in [0.25, 0.3) is 0 Å². The third-order valence-electron chi connectivity index (χ3n) is 9.36. The standard InChI is InChI=1S/C29H26N4O14/c1-15-22-21(23(35)27(3,37)29(15)4-5-29)12-26(2,14-46-28(13-34)10-19(32(42)43)9-20(11-28)33(44)45)24(22)47-25(36)16-6-17(30(38)39)8-18(7-16)31(40)41/h6-10,12-13,24,37H,4-5,11,14H2,1-3H3/t24-,26+,27+,28?/m1/s1. The lowest BCUT2D eigenvalue weighted by atomic mass is 9.67. The normalized spacial score (nSPS) is 28.9. The van der Waals surface area contributed by atoms with E-state index in [1.165, 1.54) is 19.9 Å². The zero-order chi connectivity index (χ0) is 34.9. The minimum atomic E-state index is -2.22. The molecule has 18 nitrogen and oxygen atoms in total. The Morgan fingerprint density at radius 3 is 2.06 bits per heavy atom. The number of fused-ring (bicyclic) bond motifs is 1. The number of benzene rings is 1. The van der Waals surface area contributed by atoms with E-state index in [1.807, 2.05) is 0 Å². The molecule has 1 unspecified atom stereocenters. The molecule has 1 aromatic carbocycles. The minimum Gasteiger partial charge on any atom is -0.453 e. The fourth-order valence-electron chi connectivity index (χ4n) is 6.60. The Hall–Kier alpha value is -5.49. The van der Waals surface area contributed by atoms with E-state index in [9.17, 15) is 59.9 Å². The van der Waals surface area contributed by atoms with Gasteiger partial charge in [-0.3, -0.25) is 50.0 Å². The predicted octanol–water partition coefficient (Wildman–Crippen LogP) is 3.08. The highest BCUT2D eigenvalue weighted by Gasteiger charge is 2.67. The second-order valence-electron chi connectivity index (χ2n) is 12.4. The van der Waals surface area contributed by atoms with E-state index in [1.54, 1.807) is 6.92 Å². The number of non-ortho nitro benzene ring substituents is 2. The SMILES string of the molecule is CC1=C2C(=C[C@@](C)(COC3(C=O)C=C([N+](=O)[O-])C=C([N+](=O)[O-])C3)[C@@H]2OC(=O)c2cc([N+](=O)[O-])cc([N+](=O)[O-])c2)C(=O)[C@](C)(O)C12CC2. The van der Waals surface area contributed by atoms with Crippen LogP contribution in [0, 0.1) is 51.3 Å². The summed E-state index contributed by atoms with van der Waals surface area (Å²) in [6.45, 7) is 3.81. The van der Waals surface area contributed by atoms with Gasteiger partial charge in [-0.15, -0.1) is 0 Å². The molecule has 18 heteroatoms. The van der Waals surface area contributed by atoms with Gasteiger partial charge in [0.05, 0.1) is 55.8 Å². The lowest BCUT2D eigenvalue weighted by Gasteiger charge is -2.40. The second-order valence-corrected chi connectivity index (χ2v) is 12.4. The van der Waals surface area contributed by atoms with Crippen molar-refractivity contribution in [2.75, 3.05) is 6.61 Å². The van der Waals surface area contributed by atoms with Gasteiger partial charge in [-0.1, -0.05) is 11.6 Å². The number of ketones is 1. The molecule has 1 spiro atoms. The molecule has 4 atom stereocenters. The zero-order valence-corrected chi connectivity index (χ0v) is 25.0. The van der Waals surface area contributed by atoms with Crippen molar-refractivity contribution in [1.29, 1.82) is 0 Å². The summed E-state index contributed by atoms with van der Waals surface area (Å²) in [4.78, 5) is 81.9. The van der Waals surface area contributed by atoms with Crippen LogP contribution >= 0.6 is 0 Å². The molecule has 1 N–H and O–H groups in total. The lowest BCUT2D eigenvalue weighted by Crippen LogP contribution is -2.50. The first-order valence-corrected chi connectivity index (χ1v) is 14.0. The van der Waals surface area contributed by atoms with Crippen LogP contribution in [0.15, 0.2) is 64.5 Å².